The molecule has 0 aromatic carbocycles. The van der Waals surface area contributed by atoms with Gasteiger partial charge in [0.15, 0.2) is 0 Å². The molecule has 0 radical (unpaired) electrons. The van der Waals surface area contributed by atoms with E-state index >= 15 is 0 Å². The molecule has 0 spiro atoms. The summed E-state index contributed by atoms with van der Waals surface area (Å²) < 4.78 is 0. The number of rotatable bonds is 4. The van der Waals surface area contributed by atoms with Crippen LogP contribution in [0.25, 0.3) is 0 Å². The van der Waals surface area contributed by atoms with Crippen molar-refractivity contribution in [1.82, 2.24) is 9.97 Å². The van der Waals surface area contributed by atoms with Gasteiger partial charge in [-0.05, 0) is 30.7 Å². The predicted octanol–water partition coefficient (Wildman–Crippen LogP) is 3.54. The molecule has 0 unspecified atom stereocenters. The number of hydrogen-bond acceptors (Lipinski definition) is 4. The maximum Gasteiger partial charge on any atom is 0.335 e. The van der Waals surface area contributed by atoms with Gasteiger partial charge in [-0.1, -0.05) is 30.3 Å². The van der Waals surface area contributed by atoms with Crippen molar-refractivity contribution in [3.8, 4) is 0 Å². The van der Waals surface area contributed by atoms with E-state index in [2.05, 4.69) is 9.97 Å². The maximum absolute atomic E-state index is 11.0. The van der Waals surface area contributed by atoms with Crippen LogP contribution in [0.15, 0.2) is 40.5 Å². The Hall–Kier alpha value is -1.59. The number of aromatic carboxylic acids is 1. The molecule has 19 heavy (non-hydrogen) atoms. The first-order valence-electron chi connectivity index (χ1n) is 5.62. The molecule has 6 heteroatoms. The first-order chi connectivity index (χ1) is 9.08. The van der Waals surface area contributed by atoms with Gasteiger partial charge < -0.3 is 5.11 Å². The van der Waals surface area contributed by atoms with Crippen molar-refractivity contribution in [2.75, 3.05) is 0 Å². The molecule has 2 aromatic rings. The van der Waals surface area contributed by atoms with Gasteiger partial charge in [0, 0.05) is 11.9 Å². The van der Waals surface area contributed by atoms with E-state index in [1.807, 2.05) is 6.92 Å². The highest BCUT2D eigenvalue weighted by Gasteiger charge is 2.09. The van der Waals surface area contributed by atoms with Gasteiger partial charge in [0.1, 0.15) is 10.1 Å². The molecular formula is C13H11ClN2O2S. The van der Waals surface area contributed by atoms with Crippen LogP contribution in [0, 0.1) is 0 Å². The number of aryl methyl sites for hydroxylation is 1. The largest absolute Gasteiger partial charge is 0.478 e. The average molecular weight is 295 g/mol. The van der Waals surface area contributed by atoms with Crippen LogP contribution in [0.1, 0.15) is 23.0 Å². The number of halogens is 1. The van der Waals surface area contributed by atoms with Gasteiger partial charge >= 0.3 is 5.97 Å². The van der Waals surface area contributed by atoms with Crippen LogP contribution in [0.3, 0.4) is 0 Å². The summed E-state index contributed by atoms with van der Waals surface area (Å²) in [5.41, 5.74) is 0.986. The topological polar surface area (TPSA) is 63.1 Å². The number of carboxylic acid groups (broad SMARTS) is 1. The van der Waals surface area contributed by atoms with E-state index in [4.69, 9.17) is 16.7 Å². The normalized spacial score (nSPS) is 10.4. The monoisotopic (exact) mass is 294 g/mol. The standard InChI is InChI=1S/C13H11ClN2O2S/c1-2-10-5-8(13(17)18)6-12(16-10)19-11-4-3-9(14)7-15-11/h3-7H,2H2,1H3,(H,17,18). The second kappa shape index (κ2) is 6.04. The van der Waals surface area contributed by atoms with Crippen LogP contribution in [-0.2, 0) is 6.42 Å². The molecule has 0 saturated heterocycles. The van der Waals surface area contributed by atoms with Crippen LogP contribution in [0.4, 0.5) is 0 Å². The lowest BCUT2D eigenvalue weighted by molar-refractivity contribution is 0.0696. The first kappa shape index (κ1) is 13.8. The third kappa shape index (κ3) is 3.68. The molecule has 0 atom stereocenters. The fourth-order valence-corrected chi connectivity index (χ4v) is 2.36. The third-order valence-corrected chi connectivity index (χ3v) is 3.47. The van der Waals surface area contributed by atoms with Crippen LogP contribution in [0.5, 0.6) is 0 Å². The molecule has 1 N–H and O–H groups in total. The Kier molecular flexibility index (Phi) is 4.39. The summed E-state index contributed by atoms with van der Waals surface area (Å²) in [5, 5.41) is 11.0. The maximum atomic E-state index is 11.0. The molecule has 2 rings (SSSR count). The van der Waals surface area contributed by atoms with Crippen LogP contribution < -0.4 is 0 Å². The van der Waals surface area contributed by atoms with Gasteiger partial charge in [-0.15, -0.1) is 0 Å². The molecular weight excluding hydrogens is 284 g/mol. The van der Waals surface area contributed by atoms with E-state index in [1.165, 1.54) is 11.8 Å². The number of nitrogens with zero attached hydrogens (tertiary/aromatic N) is 2. The summed E-state index contributed by atoms with van der Waals surface area (Å²) in [5.74, 6) is -0.956. The van der Waals surface area contributed by atoms with Gasteiger partial charge in [-0.25, -0.2) is 14.8 Å². The molecule has 98 valence electrons. The van der Waals surface area contributed by atoms with Crippen molar-refractivity contribution in [3.63, 3.8) is 0 Å². The van der Waals surface area contributed by atoms with Crippen LogP contribution >= 0.6 is 23.4 Å². The molecule has 0 amide bonds. The quantitative estimate of drug-likeness (QED) is 0.934. The number of carboxylic acids is 1. The average Bonchev–Trinajstić information content (AvgIpc) is 2.41. The highest BCUT2D eigenvalue weighted by Crippen LogP contribution is 2.26. The summed E-state index contributed by atoms with van der Waals surface area (Å²) in [7, 11) is 0. The fourth-order valence-electron chi connectivity index (χ4n) is 1.45. The summed E-state index contributed by atoms with van der Waals surface area (Å²) >= 11 is 7.08. The Morgan fingerprint density at radius 1 is 1.37 bits per heavy atom. The van der Waals surface area contributed by atoms with Gasteiger partial charge in [0.05, 0.1) is 10.6 Å². The van der Waals surface area contributed by atoms with Crippen molar-refractivity contribution in [2.24, 2.45) is 0 Å². The highest BCUT2D eigenvalue weighted by atomic mass is 35.5. The van der Waals surface area contributed by atoms with E-state index in [9.17, 15) is 4.79 Å². The lowest BCUT2D eigenvalue weighted by Gasteiger charge is -2.05. The lowest BCUT2D eigenvalue weighted by atomic mass is 10.2. The lowest BCUT2D eigenvalue weighted by Crippen LogP contribution is -2.00. The Morgan fingerprint density at radius 3 is 2.74 bits per heavy atom. The Balaban J connectivity index is 2.31. The summed E-state index contributed by atoms with van der Waals surface area (Å²) in [6.45, 7) is 1.93. The number of pyridine rings is 2. The fraction of sp³-hybridized carbons (Fsp3) is 0.154. The molecule has 2 aromatic heterocycles. The first-order valence-corrected chi connectivity index (χ1v) is 6.81. The minimum absolute atomic E-state index is 0.239. The molecule has 0 aliphatic rings. The Morgan fingerprint density at radius 2 is 2.16 bits per heavy atom. The van der Waals surface area contributed by atoms with Gasteiger partial charge in [-0.3, -0.25) is 0 Å². The van der Waals surface area contributed by atoms with Gasteiger partial charge in [0.2, 0.25) is 0 Å². The SMILES string of the molecule is CCc1cc(C(=O)O)cc(Sc2ccc(Cl)cn2)n1. The van der Waals surface area contributed by atoms with Crippen molar-refractivity contribution >= 4 is 29.3 Å². The smallest absolute Gasteiger partial charge is 0.335 e. The molecule has 2 heterocycles. The predicted molar refractivity (Wildman–Crippen MR) is 73.9 cm³/mol. The molecule has 4 nitrogen and oxygen atoms in total. The molecule has 0 aliphatic carbocycles. The summed E-state index contributed by atoms with van der Waals surface area (Å²) in [4.78, 5) is 19.6. The summed E-state index contributed by atoms with van der Waals surface area (Å²) in [6.07, 6.45) is 2.23. The number of carbonyl (C=O) groups is 1. The van der Waals surface area contributed by atoms with E-state index in [1.54, 1.807) is 30.5 Å². The van der Waals surface area contributed by atoms with E-state index in [0.717, 1.165) is 10.7 Å². The van der Waals surface area contributed by atoms with Crippen molar-refractivity contribution in [2.45, 2.75) is 23.4 Å². The second-order valence-electron chi connectivity index (χ2n) is 3.76. The molecule has 0 aliphatic heterocycles. The third-order valence-electron chi connectivity index (χ3n) is 2.37. The van der Waals surface area contributed by atoms with E-state index in [0.29, 0.717) is 16.5 Å². The van der Waals surface area contributed by atoms with Crippen LogP contribution in [0.2, 0.25) is 5.02 Å². The second-order valence-corrected chi connectivity index (χ2v) is 5.24. The zero-order valence-corrected chi connectivity index (χ0v) is 11.7. The molecule has 0 fully saturated rings. The Labute approximate surface area is 119 Å². The van der Waals surface area contributed by atoms with Crippen LogP contribution in [-0.4, -0.2) is 21.0 Å². The summed E-state index contributed by atoms with van der Waals surface area (Å²) in [6, 6.07) is 6.64. The van der Waals surface area contributed by atoms with Crippen molar-refractivity contribution in [3.05, 3.63) is 46.7 Å². The van der Waals surface area contributed by atoms with Crippen molar-refractivity contribution < 1.29 is 9.90 Å². The number of aromatic nitrogens is 2. The zero-order valence-electron chi connectivity index (χ0n) is 10.1. The number of hydrogen-bond donors (Lipinski definition) is 1. The van der Waals surface area contributed by atoms with Gasteiger partial charge in [0.25, 0.3) is 0 Å². The zero-order chi connectivity index (χ0) is 13.8. The van der Waals surface area contributed by atoms with E-state index < -0.39 is 5.97 Å². The van der Waals surface area contributed by atoms with Gasteiger partial charge in [-0.2, -0.15) is 0 Å². The Bertz CT molecular complexity index is 602. The van der Waals surface area contributed by atoms with Crippen molar-refractivity contribution in [1.29, 1.82) is 0 Å². The minimum atomic E-state index is -0.956. The molecule has 0 bridgehead atoms. The minimum Gasteiger partial charge on any atom is -0.478 e. The highest BCUT2D eigenvalue weighted by molar-refractivity contribution is 7.99. The molecule has 0 saturated carbocycles. The van der Waals surface area contributed by atoms with E-state index in [-0.39, 0.29) is 5.56 Å².